The molecule has 2 aliphatic heterocycles. The highest BCUT2D eigenvalue weighted by atomic mass is 16.7. The Labute approximate surface area is 331 Å². The second kappa shape index (κ2) is 15.4. The van der Waals surface area contributed by atoms with E-state index >= 15 is 0 Å². The van der Waals surface area contributed by atoms with Gasteiger partial charge in [0.25, 0.3) is 0 Å². The molecule has 0 aromatic heterocycles. The minimum atomic E-state index is -1.73. The summed E-state index contributed by atoms with van der Waals surface area (Å²) in [5.74, 6) is -0.571. The van der Waals surface area contributed by atoms with E-state index in [9.17, 15) is 50.8 Å². The number of allylic oxidation sites excluding steroid dienone is 1. The van der Waals surface area contributed by atoms with Crippen molar-refractivity contribution in [2.45, 2.75) is 192 Å². The number of fused-ring (bicyclic) bond motifs is 5. The first-order valence-corrected chi connectivity index (χ1v) is 20.8. The lowest BCUT2D eigenvalue weighted by atomic mass is 9.35. The van der Waals surface area contributed by atoms with Crippen LogP contribution in [0.3, 0.4) is 0 Å². The molecule has 14 nitrogen and oxygen atoms in total. The molecule has 2 saturated heterocycles. The van der Waals surface area contributed by atoms with Gasteiger partial charge in [0.2, 0.25) is 0 Å². The van der Waals surface area contributed by atoms with Gasteiger partial charge in [-0.25, -0.2) is 0 Å². The molecule has 6 rings (SSSR count). The molecular weight excluding hydrogens is 728 g/mol. The van der Waals surface area contributed by atoms with Crippen LogP contribution in [0.15, 0.2) is 12.2 Å². The van der Waals surface area contributed by atoms with Crippen molar-refractivity contribution in [3.63, 3.8) is 0 Å². The van der Waals surface area contributed by atoms with Crippen molar-refractivity contribution >= 4 is 5.78 Å². The minimum absolute atomic E-state index is 0.0576. The number of carbonyl (C=O) groups excluding carboxylic acids is 1. The Morgan fingerprint density at radius 1 is 0.786 bits per heavy atom. The maximum atomic E-state index is 13.1. The predicted molar refractivity (Wildman–Crippen MR) is 201 cm³/mol. The third-order valence-corrected chi connectivity index (χ3v) is 16.7. The maximum Gasteiger partial charge on any atom is 0.187 e. The number of ether oxygens (including phenoxy) is 4. The fourth-order valence-electron chi connectivity index (χ4n) is 13.2. The molecule has 0 radical (unpaired) electrons. The quantitative estimate of drug-likeness (QED) is 0.142. The van der Waals surface area contributed by atoms with Gasteiger partial charge >= 0.3 is 0 Å². The standard InChI is InChI=1S/C42H70O14/c1-19(2)22(43)11-15-42(9,56-37-34(51)32(49)30(47)25(55-37)18-53-36-33(50)31(48)29(46)20(3)54-36)21-10-13-41(8)28(21)23(44)16-27-39(6)17-24(45)35(52)38(4,5)26(39)12-14-40(27,41)7/h20-21,23-37,44-52H,1,10-18H2,2-9H3. The van der Waals surface area contributed by atoms with E-state index in [1.54, 1.807) is 6.92 Å². The molecule has 0 aromatic carbocycles. The molecule has 0 bridgehead atoms. The summed E-state index contributed by atoms with van der Waals surface area (Å²) in [6, 6.07) is 0. The molecule has 4 saturated carbocycles. The normalized spacial score (nSPS) is 52.6. The van der Waals surface area contributed by atoms with E-state index in [1.165, 1.54) is 6.92 Å². The second-order valence-electron chi connectivity index (χ2n) is 20.2. The van der Waals surface area contributed by atoms with Crippen LogP contribution in [0.4, 0.5) is 0 Å². The molecule has 9 N–H and O–H groups in total. The summed E-state index contributed by atoms with van der Waals surface area (Å²) in [6.07, 6.45) is -12.8. The number of hydrogen-bond donors (Lipinski definition) is 9. The smallest absolute Gasteiger partial charge is 0.187 e. The van der Waals surface area contributed by atoms with Crippen molar-refractivity contribution in [1.82, 2.24) is 0 Å². The molecule has 6 aliphatic rings. The fraction of sp³-hybridized carbons (Fsp3) is 0.929. The van der Waals surface area contributed by atoms with Gasteiger partial charge in [-0.2, -0.15) is 0 Å². The molecule has 14 heteroatoms. The molecular formula is C42H70O14. The number of rotatable bonds is 10. The van der Waals surface area contributed by atoms with Crippen LogP contribution in [-0.2, 0) is 23.7 Å². The van der Waals surface area contributed by atoms with E-state index in [2.05, 4.69) is 27.4 Å². The molecule has 56 heavy (non-hydrogen) atoms. The monoisotopic (exact) mass is 798 g/mol. The highest BCUT2D eigenvalue weighted by Gasteiger charge is 2.72. The van der Waals surface area contributed by atoms with Crippen LogP contribution in [0.25, 0.3) is 0 Å². The van der Waals surface area contributed by atoms with Gasteiger partial charge < -0.3 is 64.9 Å². The SMILES string of the molecule is C=C(C)C(=O)CCC(C)(OC1OC(COC2OC(C)C(O)C(O)C2O)C(O)C(O)C1O)C1CCC2(C)C1C(O)CC1C3(C)CC(O)C(O)C(C)(C)C3CCC12C. The first-order chi connectivity index (χ1) is 25.9. The van der Waals surface area contributed by atoms with E-state index in [0.29, 0.717) is 24.8 Å². The molecule has 0 amide bonds. The van der Waals surface area contributed by atoms with Crippen LogP contribution < -0.4 is 0 Å². The number of carbonyl (C=O) groups is 1. The van der Waals surface area contributed by atoms with Crippen LogP contribution in [0.5, 0.6) is 0 Å². The van der Waals surface area contributed by atoms with Gasteiger partial charge in [0.1, 0.15) is 42.7 Å². The Hall–Kier alpha value is -1.11. The van der Waals surface area contributed by atoms with E-state index in [-0.39, 0.29) is 53.1 Å². The van der Waals surface area contributed by atoms with Crippen molar-refractivity contribution < 1.29 is 69.7 Å². The van der Waals surface area contributed by atoms with Gasteiger partial charge in [-0.15, -0.1) is 0 Å². The van der Waals surface area contributed by atoms with E-state index in [4.69, 9.17) is 18.9 Å². The number of ketones is 1. The lowest BCUT2D eigenvalue weighted by Gasteiger charge is -2.71. The Morgan fingerprint density at radius 2 is 1.39 bits per heavy atom. The molecule has 21 atom stereocenters. The summed E-state index contributed by atoms with van der Waals surface area (Å²) in [5.41, 5.74) is -2.30. The van der Waals surface area contributed by atoms with Crippen LogP contribution in [-0.4, -0.2) is 144 Å². The first kappa shape index (κ1) is 44.4. The highest BCUT2D eigenvalue weighted by Crippen LogP contribution is 2.76. The first-order valence-electron chi connectivity index (χ1n) is 20.8. The minimum Gasteiger partial charge on any atom is -0.393 e. The number of Topliss-reactive ketones (excluding diaryl/α,β-unsaturated/α-hetero) is 1. The van der Waals surface area contributed by atoms with Crippen LogP contribution in [0.2, 0.25) is 0 Å². The molecule has 0 spiro atoms. The maximum absolute atomic E-state index is 13.1. The summed E-state index contributed by atoms with van der Waals surface area (Å²) in [5, 5.41) is 98.9. The summed E-state index contributed by atoms with van der Waals surface area (Å²) in [4.78, 5) is 13.1. The van der Waals surface area contributed by atoms with E-state index in [0.717, 1.165) is 19.3 Å². The number of aliphatic hydroxyl groups excluding tert-OH is 9. The highest BCUT2D eigenvalue weighted by molar-refractivity contribution is 5.94. The molecule has 4 aliphatic carbocycles. The molecule has 322 valence electrons. The van der Waals surface area contributed by atoms with Crippen LogP contribution >= 0.6 is 0 Å². The van der Waals surface area contributed by atoms with Gasteiger partial charge in [0.05, 0.1) is 36.6 Å². The third-order valence-electron chi connectivity index (χ3n) is 16.7. The molecule has 2 heterocycles. The lowest BCUT2D eigenvalue weighted by Crippen LogP contribution is -2.68. The topological polar surface area (TPSA) is 236 Å². The summed E-state index contributed by atoms with van der Waals surface area (Å²) in [6.45, 7) is 19.3. The van der Waals surface area contributed by atoms with Gasteiger partial charge in [0, 0.05) is 6.42 Å². The van der Waals surface area contributed by atoms with Gasteiger partial charge in [-0.1, -0.05) is 41.2 Å². The average molecular weight is 799 g/mol. The summed E-state index contributed by atoms with van der Waals surface area (Å²) < 4.78 is 24.1. The molecule has 6 fully saturated rings. The molecule has 0 aromatic rings. The largest absolute Gasteiger partial charge is 0.393 e. The van der Waals surface area contributed by atoms with Gasteiger partial charge in [0.15, 0.2) is 18.4 Å². The zero-order valence-corrected chi connectivity index (χ0v) is 34.5. The fourth-order valence-corrected chi connectivity index (χ4v) is 13.2. The van der Waals surface area contributed by atoms with Crippen molar-refractivity contribution in [3.8, 4) is 0 Å². The summed E-state index contributed by atoms with van der Waals surface area (Å²) in [7, 11) is 0. The number of aliphatic hydroxyl groups is 9. The summed E-state index contributed by atoms with van der Waals surface area (Å²) >= 11 is 0. The second-order valence-corrected chi connectivity index (χ2v) is 20.2. The van der Waals surface area contributed by atoms with Crippen molar-refractivity contribution in [3.05, 3.63) is 12.2 Å². The van der Waals surface area contributed by atoms with E-state index < -0.39 is 103 Å². The van der Waals surface area contributed by atoms with Gasteiger partial charge in [-0.05, 0) is 117 Å². The molecule has 21 unspecified atom stereocenters. The van der Waals surface area contributed by atoms with Crippen molar-refractivity contribution in [1.29, 1.82) is 0 Å². The Bertz CT molecular complexity index is 1460. The zero-order chi connectivity index (χ0) is 41.7. The third kappa shape index (κ3) is 6.97. The zero-order valence-electron chi connectivity index (χ0n) is 34.5. The van der Waals surface area contributed by atoms with Crippen molar-refractivity contribution in [2.24, 2.45) is 45.3 Å². The van der Waals surface area contributed by atoms with Crippen LogP contribution in [0, 0.1) is 45.3 Å². The Morgan fingerprint density at radius 3 is 2.04 bits per heavy atom. The van der Waals surface area contributed by atoms with Crippen molar-refractivity contribution in [2.75, 3.05) is 6.61 Å². The predicted octanol–water partition coefficient (Wildman–Crippen LogP) is 1.33. The Balaban J connectivity index is 1.28. The van der Waals surface area contributed by atoms with Crippen LogP contribution in [0.1, 0.15) is 107 Å². The number of hydrogen-bond acceptors (Lipinski definition) is 14. The van der Waals surface area contributed by atoms with Gasteiger partial charge in [-0.3, -0.25) is 4.79 Å². The Kier molecular flexibility index (Phi) is 12.2. The van der Waals surface area contributed by atoms with E-state index in [1.807, 2.05) is 20.8 Å². The average Bonchev–Trinajstić information content (AvgIpc) is 3.52. The lowest BCUT2D eigenvalue weighted by molar-refractivity contribution is -0.348.